The van der Waals surface area contributed by atoms with Crippen molar-refractivity contribution < 1.29 is 0 Å². The molecule has 10 heavy (non-hydrogen) atoms. The molecule has 0 aromatic carbocycles. The molecule has 1 rings (SSSR count). The smallest absolute Gasteiger partial charge is 0.0101 e. The molecule has 2 atom stereocenters. The molecule has 60 valence electrons. The van der Waals surface area contributed by atoms with E-state index in [0.29, 0.717) is 0 Å². The molecule has 1 nitrogen and oxygen atoms in total. The van der Waals surface area contributed by atoms with E-state index in [9.17, 15) is 0 Å². The fourth-order valence-electron chi connectivity index (χ4n) is 1.62. The molecule has 2 heteroatoms. The lowest BCUT2D eigenvalue weighted by Gasteiger charge is -2.29. The first kappa shape index (κ1) is 8.54. The Morgan fingerprint density at radius 2 is 2.40 bits per heavy atom. The molecule has 1 aliphatic rings. The second-order valence-corrected chi connectivity index (χ2v) is 3.95. The van der Waals surface area contributed by atoms with Gasteiger partial charge in [-0.15, -0.1) is 0 Å². The Hall–Kier alpha value is 0.440. The predicted octanol–water partition coefficient (Wildman–Crippen LogP) is 2.16. The highest BCUT2D eigenvalue weighted by atomic mass is 79.9. The fraction of sp³-hybridized carbons (Fsp3) is 1.00. The van der Waals surface area contributed by atoms with Crippen LogP contribution in [0, 0.1) is 5.92 Å². The SMILES string of the molecule is C[C@H]1CCCN[C@H]1CCBr. The zero-order valence-electron chi connectivity index (χ0n) is 6.57. The van der Waals surface area contributed by atoms with Gasteiger partial charge in [0.25, 0.3) is 0 Å². The molecule has 0 amide bonds. The average Bonchev–Trinajstić information content (AvgIpc) is 1.94. The number of nitrogens with one attached hydrogen (secondary N) is 1. The Kier molecular flexibility index (Phi) is 3.71. The zero-order chi connectivity index (χ0) is 7.40. The topological polar surface area (TPSA) is 12.0 Å². The van der Waals surface area contributed by atoms with Crippen LogP contribution >= 0.6 is 15.9 Å². The number of piperidine rings is 1. The van der Waals surface area contributed by atoms with Crippen molar-refractivity contribution in [1.82, 2.24) is 5.32 Å². The molecule has 0 unspecified atom stereocenters. The van der Waals surface area contributed by atoms with Gasteiger partial charge in [0, 0.05) is 11.4 Å². The van der Waals surface area contributed by atoms with Gasteiger partial charge >= 0.3 is 0 Å². The van der Waals surface area contributed by atoms with Gasteiger partial charge in [0.2, 0.25) is 0 Å². The summed E-state index contributed by atoms with van der Waals surface area (Å²) in [6.07, 6.45) is 4.05. The first-order chi connectivity index (χ1) is 4.84. The number of hydrogen-bond acceptors (Lipinski definition) is 1. The lowest BCUT2D eigenvalue weighted by molar-refractivity contribution is 0.295. The van der Waals surface area contributed by atoms with Crippen molar-refractivity contribution in [1.29, 1.82) is 0 Å². The van der Waals surface area contributed by atoms with Crippen LogP contribution in [0.3, 0.4) is 0 Å². The standard InChI is InChI=1S/C8H16BrN/c1-7-3-2-6-10-8(7)4-5-9/h7-8,10H,2-6H2,1H3/t7-,8-/m0/s1. The molecular weight excluding hydrogens is 190 g/mol. The maximum Gasteiger partial charge on any atom is 0.0101 e. The molecule has 0 saturated carbocycles. The molecule has 0 aliphatic carbocycles. The van der Waals surface area contributed by atoms with E-state index < -0.39 is 0 Å². The number of halogens is 1. The Labute approximate surface area is 71.7 Å². The van der Waals surface area contributed by atoms with Crippen LogP contribution in [0.4, 0.5) is 0 Å². The highest BCUT2D eigenvalue weighted by Crippen LogP contribution is 2.18. The Balaban J connectivity index is 2.25. The minimum Gasteiger partial charge on any atom is -0.314 e. The second kappa shape index (κ2) is 4.35. The summed E-state index contributed by atoms with van der Waals surface area (Å²) >= 11 is 3.47. The fourth-order valence-corrected chi connectivity index (χ4v) is 2.11. The number of hydrogen-bond donors (Lipinski definition) is 1. The second-order valence-electron chi connectivity index (χ2n) is 3.16. The maximum absolute atomic E-state index is 3.54. The van der Waals surface area contributed by atoms with Gasteiger partial charge < -0.3 is 5.32 Å². The summed E-state index contributed by atoms with van der Waals surface area (Å²) in [5.41, 5.74) is 0. The van der Waals surface area contributed by atoms with Crippen LogP contribution < -0.4 is 5.32 Å². The van der Waals surface area contributed by atoms with Crippen LogP contribution in [0.5, 0.6) is 0 Å². The molecule has 1 heterocycles. The largest absolute Gasteiger partial charge is 0.314 e. The van der Waals surface area contributed by atoms with Crippen molar-refractivity contribution in [2.24, 2.45) is 5.92 Å². The van der Waals surface area contributed by atoms with E-state index in [1.165, 1.54) is 25.8 Å². The van der Waals surface area contributed by atoms with Gasteiger partial charge in [-0.25, -0.2) is 0 Å². The first-order valence-electron chi connectivity index (χ1n) is 4.14. The van der Waals surface area contributed by atoms with Gasteiger partial charge in [-0.05, 0) is 31.7 Å². The molecule has 0 spiro atoms. The zero-order valence-corrected chi connectivity index (χ0v) is 8.15. The van der Waals surface area contributed by atoms with E-state index in [2.05, 4.69) is 28.2 Å². The van der Waals surface area contributed by atoms with Crippen molar-refractivity contribution in [2.75, 3.05) is 11.9 Å². The Morgan fingerprint density at radius 1 is 1.60 bits per heavy atom. The number of alkyl halides is 1. The number of rotatable bonds is 2. The minimum absolute atomic E-state index is 0.771. The van der Waals surface area contributed by atoms with Crippen molar-refractivity contribution in [3.05, 3.63) is 0 Å². The summed E-state index contributed by atoms with van der Waals surface area (Å²) < 4.78 is 0. The van der Waals surface area contributed by atoms with E-state index >= 15 is 0 Å². The summed E-state index contributed by atoms with van der Waals surface area (Å²) in [4.78, 5) is 0. The van der Waals surface area contributed by atoms with Gasteiger partial charge in [0.1, 0.15) is 0 Å². The Morgan fingerprint density at radius 3 is 3.00 bits per heavy atom. The molecular formula is C8H16BrN. The van der Waals surface area contributed by atoms with Crippen LogP contribution in [0.25, 0.3) is 0 Å². The molecule has 1 saturated heterocycles. The highest BCUT2D eigenvalue weighted by molar-refractivity contribution is 9.09. The summed E-state index contributed by atoms with van der Waals surface area (Å²) in [6, 6.07) is 0.771. The lowest BCUT2D eigenvalue weighted by atomic mass is 9.91. The van der Waals surface area contributed by atoms with Crippen molar-refractivity contribution in [2.45, 2.75) is 32.2 Å². The predicted molar refractivity (Wildman–Crippen MR) is 48.6 cm³/mol. The summed E-state index contributed by atoms with van der Waals surface area (Å²) in [6.45, 7) is 3.57. The molecule has 0 aromatic rings. The van der Waals surface area contributed by atoms with E-state index in [4.69, 9.17) is 0 Å². The van der Waals surface area contributed by atoms with Crippen LogP contribution in [0.15, 0.2) is 0 Å². The summed E-state index contributed by atoms with van der Waals surface area (Å²) in [7, 11) is 0. The molecule has 0 aromatic heterocycles. The molecule has 1 aliphatic heterocycles. The van der Waals surface area contributed by atoms with Gasteiger partial charge in [-0.1, -0.05) is 22.9 Å². The third-order valence-corrected chi connectivity index (χ3v) is 2.81. The third-order valence-electron chi connectivity index (χ3n) is 2.35. The van der Waals surface area contributed by atoms with E-state index in [0.717, 1.165) is 17.3 Å². The van der Waals surface area contributed by atoms with E-state index in [1.54, 1.807) is 0 Å². The van der Waals surface area contributed by atoms with Crippen molar-refractivity contribution in [3.8, 4) is 0 Å². The summed E-state index contributed by atoms with van der Waals surface area (Å²) in [5.74, 6) is 0.881. The average molecular weight is 206 g/mol. The first-order valence-corrected chi connectivity index (χ1v) is 5.26. The lowest BCUT2D eigenvalue weighted by Crippen LogP contribution is -2.40. The van der Waals surface area contributed by atoms with Crippen LogP contribution in [-0.2, 0) is 0 Å². The van der Waals surface area contributed by atoms with Gasteiger partial charge in [-0.3, -0.25) is 0 Å². The van der Waals surface area contributed by atoms with Crippen molar-refractivity contribution >= 4 is 15.9 Å². The monoisotopic (exact) mass is 205 g/mol. The third kappa shape index (κ3) is 2.24. The molecule has 1 fully saturated rings. The minimum atomic E-state index is 0.771. The summed E-state index contributed by atoms with van der Waals surface area (Å²) in [5, 5.41) is 4.67. The molecule has 1 N–H and O–H groups in total. The Bertz CT molecular complexity index is 93.3. The maximum atomic E-state index is 3.54. The molecule has 0 radical (unpaired) electrons. The van der Waals surface area contributed by atoms with Gasteiger partial charge in [0.15, 0.2) is 0 Å². The quantitative estimate of drug-likeness (QED) is 0.682. The highest BCUT2D eigenvalue weighted by Gasteiger charge is 2.19. The van der Waals surface area contributed by atoms with Crippen LogP contribution in [0.1, 0.15) is 26.2 Å². The van der Waals surface area contributed by atoms with E-state index in [1.807, 2.05) is 0 Å². The van der Waals surface area contributed by atoms with E-state index in [-0.39, 0.29) is 0 Å². The van der Waals surface area contributed by atoms with Gasteiger partial charge in [-0.2, -0.15) is 0 Å². The van der Waals surface area contributed by atoms with Crippen LogP contribution in [0.2, 0.25) is 0 Å². The molecule has 0 bridgehead atoms. The van der Waals surface area contributed by atoms with Crippen LogP contribution in [-0.4, -0.2) is 17.9 Å². The van der Waals surface area contributed by atoms with Gasteiger partial charge in [0.05, 0.1) is 0 Å². The normalized spacial score (nSPS) is 34.2. The van der Waals surface area contributed by atoms with Crippen molar-refractivity contribution in [3.63, 3.8) is 0 Å².